The molecule has 0 saturated heterocycles. The third kappa shape index (κ3) is 4.72. The van der Waals surface area contributed by atoms with E-state index in [1.807, 2.05) is 26.0 Å². The summed E-state index contributed by atoms with van der Waals surface area (Å²) in [6, 6.07) is 10.4. The Morgan fingerprint density at radius 2 is 1.97 bits per heavy atom. The van der Waals surface area contributed by atoms with Crippen molar-refractivity contribution >= 4 is 17.3 Å². The predicted molar refractivity (Wildman–Crippen MR) is 101 cm³/mol. The molecule has 0 aliphatic rings. The van der Waals surface area contributed by atoms with Gasteiger partial charge in [-0.05, 0) is 37.1 Å². The number of alkyl halides is 2. The molecular formula is C19H16F2N4O4. The second-order valence-corrected chi connectivity index (χ2v) is 6.26. The summed E-state index contributed by atoms with van der Waals surface area (Å²) in [5.74, 6) is -0.137. The molecule has 1 heterocycles. The third-order valence-corrected chi connectivity index (χ3v) is 3.97. The van der Waals surface area contributed by atoms with Crippen LogP contribution < -0.4 is 10.1 Å². The van der Waals surface area contributed by atoms with Crippen molar-refractivity contribution in [3.8, 4) is 11.5 Å². The first-order valence-electron chi connectivity index (χ1n) is 8.42. The number of carbonyl (C=O) groups is 1. The number of benzene rings is 2. The van der Waals surface area contributed by atoms with Crippen LogP contribution in [-0.2, 0) is 0 Å². The Kier molecular flexibility index (Phi) is 5.53. The molecule has 0 unspecified atom stereocenters. The van der Waals surface area contributed by atoms with Gasteiger partial charge >= 0.3 is 6.55 Å². The van der Waals surface area contributed by atoms with E-state index in [-0.39, 0.29) is 22.8 Å². The maximum Gasteiger partial charge on any atom is 0.333 e. The van der Waals surface area contributed by atoms with E-state index in [1.54, 1.807) is 6.07 Å². The largest absolute Gasteiger partial charge is 0.457 e. The van der Waals surface area contributed by atoms with Gasteiger partial charge in [-0.15, -0.1) is 0 Å². The zero-order chi connectivity index (χ0) is 21.1. The van der Waals surface area contributed by atoms with Crippen molar-refractivity contribution in [2.45, 2.75) is 20.4 Å². The maximum absolute atomic E-state index is 12.6. The van der Waals surface area contributed by atoms with Crippen molar-refractivity contribution in [3.05, 3.63) is 75.6 Å². The number of nitro groups is 1. The number of non-ortho nitro benzene ring substituents is 1. The van der Waals surface area contributed by atoms with Crippen LogP contribution in [0.1, 0.15) is 28.2 Å². The van der Waals surface area contributed by atoms with Crippen molar-refractivity contribution < 1.29 is 23.2 Å². The third-order valence-electron chi connectivity index (χ3n) is 3.97. The van der Waals surface area contributed by atoms with Crippen molar-refractivity contribution in [3.63, 3.8) is 0 Å². The lowest BCUT2D eigenvalue weighted by Gasteiger charge is -2.11. The van der Waals surface area contributed by atoms with E-state index in [0.717, 1.165) is 29.5 Å². The molecule has 2 aromatic carbocycles. The molecule has 0 aliphatic carbocycles. The molecule has 1 N–H and O–H groups in total. The Balaban J connectivity index is 1.89. The summed E-state index contributed by atoms with van der Waals surface area (Å²) in [7, 11) is 0. The smallest absolute Gasteiger partial charge is 0.333 e. The average molecular weight is 402 g/mol. The normalized spacial score (nSPS) is 10.8. The number of aromatic nitrogens is 2. The summed E-state index contributed by atoms with van der Waals surface area (Å²) in [4.78, 5) is 22.9. The number of halogens is 2. The lowest BCUT2D eigenvalue weighted by molar-refractivity contribution is -0.384. The van der Waals surface area contributed by atoms with E-state index in [1.165, 1.54) is 12.1 Å². The fraction of sp³-hybridized carbons (Fsp3) is 0.158. The second kappa shape index (κ2) is 8.05. The minimum Gasteiger partial charge on any atom is -0.457 e. The van der Waals surface area contributed by atoms with Gasteiger partial charge in [-0.1, -0.05) is 12.1 Å². The van der Waals surface area contributed by atoms with Crippen LogP contribution in [0, 0.1) is 24.0 Å². The molecule has 0 bridgehead atoms. The SMILES string of the molecule is Cc1ccc(C)c(Oc2cc(NC(=O)c3ccn(C(F)F)n3)cc([N+](=O)[O-])c2)c1. The van der Waals surface area contributed by atoms with Gasteiger partial charge in [0.15, 0.2) is 5.69 Å². The predicted octanol–water partition coefficient (Wildman–Crippen LogP) is 4.85. The number of nitrogens with one attached hydrogen (secondary N) is 1. The highest BCUT2D eigenvalue weighted by molar-refractivity contribution is 6.03. The highest BCUT2D eigenvalue weighted by Crippen LogP contribution is 2.32. The molecule has 0 atom stereocenters. The van der Waals surface area contributed by atoms with E-state index in [2.05, 4.69) is 10.4 Å². The number of hydrogen-bond acceptors (Lipinski definition) is 5. The molecule has 0 spiro atoms. The van der Waals surface area contributed by atoms with E-state index < -0.39 is 17.4 Å². The molecule has 0 aliphatic heterocycles. The molecule has 3 aromatic rings. The standard InChI is InChI=1S/C19H16F2N4O4/c1-11-3-4-12(2)17(7-11)29-15-9-13(8-14(10-15)25(27)28)22-18(26)16-5-6-24(23-16)19(20)21/h3-10,19H,1-2H3,(H,22,26). The first kappa shape index (κ1) is 19.9. The Morgan fingerprint density at radius 3 is 2.62 bits per heavy atom. The molecule has 150 valence electrons. The first-order chi connectivity index (χ1) is 13.7. The van der Waals surface area contributed by atoms with Crippen molar-refractivity contribution in [1.82, 2.24) is 9.78 Å². The van der Waals surface area contributed by atoms with Gasteiger partial charge in [0.05, 0.1) is 16.7 Å². The van der Waals surface area contributed by atoms with Crippen LogP contribution >= 0.6 is 0 Å². The van der Waals surface area contributed by atoms with Gasteiger partial charge in [-0.3, -0.25) is 14.9 Å². The number of amides is 1. The monoisotopic (exact) mass is 402 g/mol. The molecule has 3 rings (SSSR count). The molecule has 0 saturated carbocycles. The summed E-state index contributed by atoms with van der Waals surface area (Å²) >= 11 is 0. The van der Waals surface area contributed by atoms with Crippen LogP contribution in [0.2, 0.25) is 0 Å². The van der Waals surface area contributed by atoms with Crippen molar-refractivity contribution in [2.75, 3.05) is 5.32 Å². The lowest BCUT2D eigenvalue weighted by atomic mass is 10.1. The number of ether oxygens (including phenoxy) is 1. The van der Waals surface area contributed by atoms with Crippen LogP contribution in [0.3, 0.4) is 0 Å². The highest BCUT2D eigenvalue weighted by Gasteiger charge is 2.17. The summed E-state index contributed by atoms with van der Waals surface area (Å²) in [5.41, 5.74) is 1.27. The molecule has 1 amide bonds. The molecule has 1 aromatic heterocycles. The van der Waals surface area contributed by atoms with Gasteiger partial charge in [0.25, 0.3) is 11.6 Å². The van der Waals surface area contributed by atoms with Crippen LogP contribution in [0.4, 0.5) is 20.2 Å². The van der Waals surface area contributed by atoms with Crippen LogP contribution in [0.25, 0.3) is 0 Å². The summed E-state index contributed by atoms with van der Waals surface area (Å²) in [6.07, 6.45) is 0.960. The molecule has 29 heavy (non-hydrogen) atoms. The second-order valence-electron chi connectivity index (χ2n) is 6.26. The molecule has 0 radical (unpaired) electrons. The van der Waals surface area contributed by atoms with Gasteiger partial charge in [0.2, 0.25) is 0 Å². The van der Waals surface area contributed by atoms with Gasteiger partial charge in [0, 0.05) is 18.3 Å². The average Bonchev–Trinajstić information content (AvgIpc) is 3.15. The first-order valence-corrected chi connectivity index (χ1v) is 8.42. The molecular weight excluding hydrogens is 386 g/mol. The Hall–Kier alpha value is -3.82. The number of nitro benzene ring substituents is 1. The van der Waals surface area contributed by atoms with E-state index in [9.17, 15) is 23.7 Å². The van der Waals surface area contributed by atoms with Crippen LogP contribution in [0.5, 0.6) is 11.5 Å². The minimum absolute atomic E-state index is 0.0658. The van der Waals surface area contributed by atoms with Gasteiger partial charge < -0.3 is 10.1 Å². The zero-order valence-electron chi connectivity index (χ0n) is 15.4. The van der Waals surface area contributed by atoms with Crippen molar-refractivity contribution in [2.24, 2.45) is 0 Å². The van der Waals surface area contributed by atoms with Gasteiger partial charge in [0.1, 0.15) is 11.5 Å². The van der Waals surface area contributed by atoms with Crippen LogP contribution in [0.15, 0.2) is 48.7 Å². The topological polar surface area (TPSA) is 99.3 Å². The number of rotatable bonds is 6. The zero-order valence-corrected chi connectivity index (χ0v) is 15.4. The maximum atomic E-state index is 12.6. The van der Waals surface area contributed by atoms with Crippen molar-refractivity contribution in [1.29, 1.82) is 0 Å². The van der Waals surface area contributed by atoms with E-state index >= 15 is 0 Å². The fourth-order valence-electron chi connectivity index (χ4n) is 2.53. The number of aryl methyl sites for hydroxylation is 2. The highest BCUT2D eigenvalue weighted by atomic mass is 19.3. The fourth-order valence-corrected chi connectivity index (χ4v) is 2.53. The molecule has 0 fully saturated rings. The van der Waals surface area contributed by atoms with Crippen LogP contribution in [-0.4, -0.2) is 20.6 Å². The summed E-state index contributed by atoms with van der Waals surface area (Å²) < 4.78 is 31.3. The Morgan fingerprint density at radius 1 is 1.21 bits per heavy atom. The summed E-state index contributed by atoms with van der Waals surface area (Å²) in [6.45, 7) is 0.824. The van der Waals surface area contributed by atoms with Gasteiger partial charge in [-0.25, -0.2) is 4.68 Å². The minimum atomic E-state index is -2.88. The number of hydrogen-bond donors (Lipinski definition) is 1. The number of anilines is 1. The number of carbonyl (C=O) groups excluding carboxylic acids is 1. The Labute approximate surface area is 163 Å². The molecule has 8 nitrogen and oxygen atoms in total. The Bertz CT molecular complexity index is 1080. The number of nitrogens with zero attached hydrogens (tertiary/aromatic N) is 3. The molecule has 10 heteroatoms. The quantitative estimate of drug-likeness (QED) is 0.469. The van der Waals surface area contributed by atoms with E-state index in [0.29, 0.717) is 10.4 Å². The lowest BCUT2D eigenvalue weighted by Crippen LogP contribution is -2.13. The van der Waals surface area contributed by atoms with E-state index in [4.69, 9.17) is 4.74 Å². The summed E-state index contributed by atoms with van der Waals surface area (Å²) in [5, 5.41) is 17.1. The van der Waals surface area contributed by atoms with Gasteiger partial charge in [-0.2, -0.15) is 13.9 Å².